The van der Waals surface area contributed by atoms with Gasteiger partial charge in [0.05, 0.1) is 0 Å². The summed E-state index contributed by atoms with van der Waals surface area (Å²) in [6.07, 6.45) is 6.27. The predicted molar refractivity (Wildman–Crippen MR) is 70.6 cm³/mol. The van der Waals surface area contributed by atoms with Crippen LogP contribution >= 0.6 is 0 Å². The second-order valence-electron chi connectivity index (χ2n) is 5.43. The van der Waals surface area contributed by atoms with Crippen LogP contribution < -0.4 is 5.73 Å². The molecule has 2 unspecified atom stereocenters. The molecule has 1 aliphatic rings. The third-order valence-electron chi connectivity index (χ3n) is 3.52. The van der Waals surface area contributed by atoms with E-state index < -0.39 is 0 Å². The summed E-state index contributed by atoms with van der Waals surface area (Å²) in [5, 5.41) is 0. The van der Waals surface area contributed by atoms with E-state index in [1.165, 1.54) is 45.3 Å². The minimum Gasteiger partial charge on any atom is -0.328 e. The molecule has 0 spiro atoms. The van der Waals surface area contributed by atoms with Gasteiger partial charge in [-0.3, -0.25) is 4.90 Å². The number of hydrogen-bond acceptors (Lipinski definition) is 3. The molecule has 1 saturated heterocycles. The Morgan fingerprint density at radius 1 is 1.38 bits per heavy atom. The van der Waals surface area contributed by atoms with Gasteiger partial charge in [0.1, 0.15) is 0 Å². The first-order chi connectivity index (χ1) is 7.63. The first-order valence-electron chi connectivity index (χ1n) is 6.77. The Kier molecular flexibility index (Phi) is 6.32. The summed E-state index contributed by atoms with van der Waals surface area (Å²) in [5.74, 6) is 0. The average Bonchev–Trinajstić information content (AvgIpc) is 2.62. The smallest absolute Gasteiger partial charge is 0.0223 e. The van der Waals surface area contributed by atoms with Crippen molar-refractivity contribution < 1.29 is 0 Å². The van der Waals surface area contributed by atoms with Crippen LogP contribution in [0.25, 0.3) is 0 Å². The first-order valence-corrected chi connectivity index (χ1v) is 6.77. The van der Waals surface area contributed by atoms with Crippen molar-refractivity contribution >= 4 is 0 Å². The fourth-order valence-electron chi connectivity index (χ4n) is 2.66. The summed E-state index contributed by atoms with van der Waals surface area (Å²) in [6, 6.07) is 1.18. The van der Waals surface area contributed by atoms with Crippen LogP contribution in [-0.2, 0) is 0 Å². The molecule has 96 valence electrons. The van der Waals surface area contributed by atoms with E-state index in [9.17, 15) is 0 Å². The first kappa shape index (κ1) is 13.9. The highest BCUT2D eigenvalue weighted by atomic mass is 15.2. The number of nitrogens with zero attached hydrogens (tertiary/aromatic N) is 2. The van der Waals surface area contributed by atoms with E-state index in [4.69, 9.17) is 5.73 Å². The Bertz CT molecular complexity index is 182. The van der Waals surface area contributed by atoms with Gasteiger partial charge < -0.3 is 10.6 Å². The lowest BCUT2D eigenvalue weighted by Gasteiger charge is -2.27. The molecule has 0 aromatic rings. The van der Waals surface area contributed by atoms with Crippen molar-refractivity contribution in [2.45, 2.75) is 51.1 Å². The molecule has 3 nitrogen and oxygen atoms in total. The maximum absolute atomic E-state index is 6.07. The zero-order valence-corrected chi connectivity index (χ0v) is 11.3. The second kappa shape index (κ2) is 7.25. The molecule has 0 saturated carbocycles. The summed E-state index contributed by atoms with van der Waals surface area (Å²) in [7, 11) is 4.33. The summed E-state index contributed by atoms with van der Waals surface area (Å²) in [4.78, 5) is 4.93. The van der Waals surface area contributed by atoms with Gasteiger partial charge in [-0.05, 0) is 52.9 Å². The van der Waals surface area contributed by atoms with E-state index in [2.05, 4.69) is 30.8 Å². The topological polar surface area (TPSA) is 32.5 Å². The van der Waals surface area contributed by atoms with Crippen LogP contribution in [0.15, 0.2) is 0 Å². The Morgan fingerprint density at radius 3 is 2.75 bits per heavy atom. The van der Waals surface area contributed by atoms with Gasteiger partial charge in [0.2, 0.25) is 0 Å². The quantitative estimate of drug-likeness (QED) is 0.716. The van der Waals surface area contributed by atoms with Crippen LogP contribution in [0.4, 0.5) is 0 Å². The molecule has 2 N–H and O–H groups in total. The van der Waals surface area contributed by atoms with Crippen molar-refractivity contribution in [3.63, 3.8) is 0 Å². The Labute approximate surface area is 101 Å². The monoisotopic (exact) mass is 227 g/mol. The molecule has 16 heavy (non-hydrogen) atoms. The number of nitrogens with two attached hydrogens (primary N) is 1. The number of hydrogen-bond donors (Lipinski definition) is 1. The van der Waals surface area contributed by atoms with E-state index in [1.54, 1.807) is 0 Å². The maximum atomic E-state index is 6.07. The van der Waals surface area contributed by atoms with Gasteiger partial charge in [-0.25, -0.2) is 0 Å². The van der Waals surface area contributed by atoms with E-state index >= 15 is 0 Å². The highest BCUT2D eigenvalue weighted by Crippen LogP contribution is 2.18. The lowest BCUT2D eigenvalue weighted by molar-refractivity contribution is 0.201. The van der Waals surface area contributed by atoms with Gasteiger partial charge >= 0.3 is 0 Å². The molecule has 0 bridgehead atoms. The van der Waals surface area contributed by atoms with Crippen molar-refractivity contribution in [1.29, 1.82) is 0 Å². The molecule has 1 heterocycles. The van der Waals surface area contributed by atoms with E-state index in [1.807, 2.05) is 0 Å². The lowest BCUT2D eigenvalue weighted by Crippen LogP contribution is -2.39. The van der Waals surface area contributed by atoms with Crippen LogP contribution in [0.3, 0.4) is 0 Å². The molecule has 0 radical (unpaired) electrons. The van der Waals surface area contributed by atoms with Crippen molar-refractivity contribution in [1.82, 2.24) is 9.80 Å². The molecule has 0 aliphatic carbocycles. The summed E-state index contributed by atoms with van der Waals surface area (Å²) in [6.45, 7) is 5.88. The Balaban J connectivity index is 2.24. The fraction of sp³-hybridized carbons (Fsp3) is 1.00. The Hall–Kier alpha value is -0.120. The normalized spacial score (nSPS) is 24.2. The second-order valence-corrected chi connectivity index (χ2v) is 5.43. The van der Waals surface area contributed by atoms with Crippen LogP contribution in [0.1, 0.15) is 39.0 Å². The molecule has 0 amide bonds. The highest BCUT2D eigenvalue weighted by Gasteiger charge is 2.24. The molecule has 2 atom stereocenters. The molecular formula is C13H29N3. The predicted octanol–water partition coefficient (Wildman–Crippen LogP) is 1.53. The van der Waals surface area contributed by atoms with Crippen LogP contribution in [-0.4, -0.2) is 55.6 Å². The zero-order chi connectivity index (χ0) is 12.0. The van der Waals surface area contributed by atoms with Gasteiger partial charge in [0, 0.05) is 18.6 Å². The molecule has 0 aromatic heterocycles. The SMILES string of the molecule is CCCC(N)CCN1CCCC1CN(C)C. The van der Waals surface area contributed by atoms with E-state index in [0.29, 0.717) is 6.04 Å². The van der Waals surface area contributed by atoms with Gasteiger partial charge in [0.15, 0.2) is 0 Å². The van der Waals surface area contributed by atoms with Crippen LogP contribution in [0, 0.1) is 0 Å². The van der Waals surface area contributed by atoms with Crippen molar-refractivity contribution in [2.75, 3.05) is 33.7 Å². The molecule has 0 aromatic carbocycles. The van der Waals surface area contributed by atoms with Gasteiger partial charge in [0.25, 0.3) is 0 Å². The van der Waals surface area contributed by atoms with Crippen molar-refractivity contribution in [3.8, 4) is 0 Å². The molecule has 1 rings (SSSR count). The summed E-state index contributed by atoms with van der Waals surface area (Å²) in [5.41, 5.74) is 6.07. The largest absolute Gasteiger partial charge is 0.328 e. The maximum Gasteiger partial charge on any atom is 0.0223 e. The molecular weight excluding hydrogens is 198 g/mol. The van der Waals surface area contributed by atoms with Crippen molar-refractivity contribution in [3.05, 3.63) is 0 Å². The number of rotatable bonds is 7. The van der Waals surface area contributed by atoms with Gasteiger partial charge in [-0.2, -0.15) is 0 Å². The molecule has 3 heteroatoms. The van der Waals surface area contributed by atoms with Gasteiger partial charge in [-0.15, -0.1) is 0 Å². The minimum absolute atomic E-state index is 0.408. The summed E-state index contributed by atoms with van der Waals surface area (Å²) >= 11 is 0. The Morgan fingerprint density at radius 2 is 2.12 bits per heavy atom. The number of likely N-dealkylation sites (tertiary alicyclic amines) is 1. The van der Waals surface area contributed by atoms with Crippen LogP contribution in [0.5, 0.6) is 0 Å². The zero-order valence-electron chi connectivity index (χ0n) is 11.3. The van der Waals surface area contributed by atoms with Crippen LogP contribution in [0.2, 0.25) is 0 Å². The summed E-state index contributed by atoms with van der Waals surface area (Å²) < 4.78 is 0. The van der Waals surface area contributed by atoms with E-state index in [0.717, 1.165) is 12.5 Å². The average molecular weight is 227 g/mol. The minimum atomic E-state index is 0.408. The third-order valence-corrected chi connectivity index (χ3v) is 3.52. The number of likely N-dealkylation sites (N-methyl/N-ethyl adjacent to an activating group) is 1. The lowest BCUT2D eigenvalue weighted by atomic mass is 10.1. The van der Waals surface area contributed by atoms with Gasteiger partial charge in [-0.1, -0.05) is 13.3 Å². The molecule has 1 aliphatic heterocycles. The van der Waals surface area contributed by atoms with Crippen molar-refractivity contribution in [2.24, 2.45) is 5.73 Å². The third kappa shape index (κ3) is 4.81. The molecule has 1 fully saturated rings. The standard InChI is InChI=1S/C13H29N3/c1-4-6-12(14)8-10-16-9-5-7-13(16)11-15(2)3/h12-13H,4-11,14H2,1-3H3. The van der Waals surface area contributed by atoms with E-state index in [-0.39, 0.29) is 0 Å². The fourth-order valence-corrected chi connectivity index (χ4v) is 2.66. The highest BCUT2D eigenvalue weighted by molar-refractivity contribution is 4.81.